The molecule has 0 atom stereocenters. The van der Waals surface area contributed by atoms with Crippen LogP contribution >= 0.6 is 0 Å². The van der Waals surface area contributed by atoms with Gasteiger partial charge in [0.2, 0.25) is 5.88 Å². The lowest BCUT2D eigenvalue weighted by atomic mass is 9.90. The van der Waals surface area contributed by atoms with Crippen LogP contribution in [0.2, 0.25) is 0 Å². The predicted molar refractivity (Wildman–Crippen MR) is 143 cm³/mol. The molecule has 8 heteroatoms. The number of aryl methyl sites for hydroxylation is 3. The van der Waals surface area contributed by atoms with Crippen LogP contribution in [0.1, 0.15) is 46.9 Å². The number of nitrogens with zero attached hydrogens (tertiary/aromatic N) is 2. The molecule has 0 saturated heterocycles. The van der Waals surface area contributed by atoms with Crippen molar-refractivity contribution in [3.05, 3.63) is 87.6 Å². The van der Waals surface area contributed by atoms with Crippen molar-refractivity contribution in [2.24, 2.45) is 7.05 Å². The number of rotatable bonds is 6. The van der Waals surface area contributed by atoms with Crippen LogP contribution in [0, 0.1) is 13.8 Å². The van der Waals surface area contributed by atoms with Crippen molar-refractivity contribution >= 4 is 16.8 Å². The maximum absolute atomic E-state index is 13.0. The molecular formula is C29H30N4O4. The van der Waals surface area contributed by atoms with Gasteiger partial charge in [-0.15, -0.1) is 0 Å². The summed E-state index contributed by atoms with van der Waals surface area (Å²) in [6.45, 7) is 6.24. The molecule has 1 aromatic carbocycles. The fourth-order valence-electron chi connectivity index (χ4n) is 4.84. The van der Waals surface area contributed by atoms with Crippen LogP contribution in [0.4, 0.5) is 0 Å². The Morgan fingerprint density at radius 3 is 2.57 bits per heavy atom. The van der Waals surface area contributed by atoms with Crippen LogP contribution < -0.4 is 15.6 Å². The highest BCUT2D eigenvalue weighted by atomic mass is 16.5. The number of ether oxygens (including phenoxy) is 1. The smallest absolute Gasteiger partial charge is 0.274 e. The minimum atomic E-state index is -1.07. The number of hydrogen-bond acceptors (Lipinski definition) is 5. The molecule has 1 amide bonds. The lowest BCUT2D eigenvalue weighted by Crippen LogP contribution is -2.23. The monoisotopic (exact) mass is 498 g/mol. The van der Waals surface area contributed by atoms with Gasteiger partial charge in [0.25, 0.3) is 11.5 Å². The van der Waals surface area contributed by atoms with Gasteiger partial charge in [-0.3, -0.25) is 9.59 Å². The predicted octanol–water partition coefficient (Wildman–Crippen LogP) is 4.63. The van der Waals surface area contributed by atoms with Gasteiger partial charge < -0.3 is 24.7 Å². The van der Waals surface area contributed by atoms with E-state index in [0.717, 1.165) is 11.1 Å². The van der Waals surface area contributed by atoms with Gasteiger partial charge >= 0.3 is 0 Å². The SMILES string of the molecule is CCNC(=O)c1cc2c(-c3cc(C4(O)CC=CC4)cnc3Oc3c(C)cccc3C)cn(C)c(=O)c2[nH]1. The van der Waals surface area contributed by atoms with Crippen molar-refractivity contribution in [3.63, 3.8) is 0 Å². The van der Waals surface area contributed by atoms with Gasteiger partial charge in [-0.05, 0) is 56.9 Å². The summed E-state index contributed by atoms with van der Waals surface area (Å²) < 4.78 is 7.87. The zero-order valence-corrected chi connectivity index (χ0v) is 21.4. The second-order valence-corrected chi connectivity index (χ2v) is 9.60. The molecule has 37 heavy (non-hydrogen) atoms. The van der Waals surface area contributed by atoms with Crippen molar-refractivity contribution in [2.45, 2.75) is 39.2 Å². The fraction of sp³-hybridized carbons (Fsp3) is 0.276. The highest BCUT2D eigenvalue weighted by Crippen LogP contribution is 2.41. The average molecular weight is 499 g/mol. The first-order valence-corrected chi connectivity index (χ1v) is 12.3. The summed E-state index contributed by atoms with van der Waals surface area (Å²) in [5.74, 6) is 0.747. The van der Waals surface area contributed by atoms with E-state index in [1.54, 1.807) is 25.5 Å². The molecule has 5 rings (SSSR count). The molecule has 0 fully saturated rings. The molecule has 3 aromatic heterocycles. The molecule has 0 saturated carbocycles. The molecule has 1 aliphatic rings. The van der Waals surface area contributed by atoms with Gasteiger partial charge in [-0.1, -0.05) is 30.4 Å². The van der Waals surface area contributed by atoms with Crippen molar-refractivity contribution in [1.29, 1.82) is 0 Å². The Morgan fingerprint density at radius 2 is 1.89 bits per heavy atom. The summed E-state index contributed by atoms with van der Waals surface area (Å²) in [5.41, 5.74) is 3.13. The van der Waals surface area contributed by atoms with Crippen molar-refractivity contribution in [1.82, 2.24) is 19.9 Å². The first kappa shape index (κ1) is 24.5. The molecule has 0 bridgehead atoms. The number of carbonyl (C=O) groups excluding carboxylic acids is 1. The van der Waals surface area contributed by atoms with E-state index in [4.69, 9.17) is 4.74 Å². The number of fused-ring (bicyclic) bond motifs is 1. The van der Waals surface area contributed by atoms with E-state index in [-0.39, 0.29) is 11.5 Å². The summed E-state index contributed by atoms with van der Waals surface area (Å²) in [5, 5.41) is 14.6. The standard InChI is InChI=1S/C29H30N4O4/c1-5-30-26(34)23-14-20-22(16-33(4)28(35)24(20)32-23)21-13-19(29(36)11-6-7-12-29)15-31-27(21)37-25-17(2)9-8-10-18(25)3/h6-10,13-16,32,36H,5,11-12H2,1-4H3,(H,30,34). The zero-order valence-electron chi connectivity index (χ0n) is 21.4. The summed E-state index contributed by atoms with van der Waals surface area (Å²) >= 11 is 0. The van der Waals surface area contributed by atoms with E-state index in [1.165, 1.54) is 4.57 Å². The van der Waals surface area contributed by atoms with E-state index in [9.17, 15) is 14.7 Å². The molecule has 3 N–H and O–H groups in total. The second-order valence-electron chi connectivity index (χ2n) is 9.60. The van der Waals surface area contributed by atoms with Gasteiger partial charge in [-0.25, -0.2) is 4.98 Å². The fourth-order valence-corrected chi connectivity index (χ4v) is 4.84. The van der Waals surface area contributed by atoms with Gasteiger partial charge in [0.05, 0.1) is 5.60 Å². The third-order valence-electron chi connectivity index (χ3n) is 6.91. The molecule has 0 spiro atoms. The van der Waals surface area contributed by atoms with Crippen LogP contribution in [-0.4, -0.2) is 32.1 Å². The van der Waals surface area contributed by atoms with Crippen LogP contribution in [-0.2, 0) is 12.6 Å². The number of benzene rings is 1. The largest absolute Gasteiger partial charge is 0.438 e. The average Bonchev–Trinajstić information content (AvgIpc) is 3.52. The van der Waals surface area contributed by atoms with Gasteiger partial charge in [0, 0.05) is 48.1 Å². The van der Waals surface area contributed by atoms with Crippen molar-refractivity contribution in [3.8, 4) is 22.8 Å². The van der Waals surface area contributed by atoms with E-state index in [1.807, 2.05) is 57.2 Å². The molecule has 3 heterocycles. The number of carbonyl (C=O) groups is 1. The highest BCUT2D eigenvalue weighted by molar-refractivity contribution is 6.03. The van der Waals surface area contributed by atoms with Crippen LogP contribution in [0.25, 0.3) is 22.0 Å². The number of aliphatic hydroxyl groups is 1. The Labute approximate surface area is 214 Å². The molecule has 0 aliphatic heterocycles. The molecule has 1 aliphatic carbocycles. The highest BCUT2D eigenvalue weighted by Gasteiger charge is 2.32. The van der Waals surface area contributed by atoms with E-state index < -0.39 is 5.60 Å². The summed E-state index contributed by atoms with van der Waals surface area (Å²) in [6.07, 6.45) is 8.25. The number of H-pyrrole nitrogens is 1. The maximum atomic E-state index is 13.0. The Kier molecular flexibility index (Phi) is 6.21. The summed E-state index contributed by atoms with van der Waals surface area (Å²) in [6, 6.07) is 9.47. The zero-order chi connectivity index (χ0) is 26.3. The molecule has 8 nitrogen and oxygen atoms in total. The first-order valence-electron chi connectivity index (χ1n) is 12.3. The van der Waals surface area contributed by atoms with Gasteiger partial charge in [0.15, 0.2) is 0 Å². The van der Waals surface area contributed by atoms with Crippen molar-refractivity contribution < 1.29 is 14.6 Å². The number of nitrogens with one attached hydrogen (secondary N) is 2. The molecular weight excluding hydrogens is 468 g/mol. The third kappa shape index (κ3) is 4.34. The van der Waals surface area contributed by atoms with E-state index in [2.05, 4.69) is 15.3 Å². The summed E-state index contributed by atoms with van der Waals surface area (Å²) in [7, 11) is 1.66. The van der Waals surface area contributed by atoms with Crippen molar-refractivity contribution in [2.75, 3.05) is 6.54 Å². The second kappa shape index (κ2) is 9.37. The minimum absolute atomic E-state index is 0.255. The lowest BCUT2D eigenvalue weighted by molar-refractivity contribution is 0.0505. The van der Waals surface area contributed by atoms with Crippen LogP contribution in [0.3, 0.4) is 0 Å². The number of amides is 1. The normalized spacial score (nSPS) is 14.3. The van der Waals surface area contributed by atoms with Gasteiger partial charge in [-0.2, -0.15) is 0 Å². The number of hydrogen-bond donors (Lipinski definition) is 3. The number of aromatic amines is 1. The lowest BCUT2D eigenvalue weighted by Gasteiger charge is -2.24. The minimum Gasteiger partial charge on any atom is -0.438 e. The topological polar surface area (TPSA) is 109 Å². The maximum Gasteiger partial charge on any atom is 0.274 e. The third-order valence-corrected chi connectivity index (χ3v) is 6.91. The van der Waals surface area contributed by atoms with E-state index in [0.29, 0.717) is 64.3 Å². The number of pyridine rings is 2. The first-order chi connectivity index (χ1) is 17.7. The van der Waals surface area contributed by atoms with Crippen LogP contribution in [0.5, 0.6) is 11.6 Å². The Bertz CT molecular complexity index is 1580. The Hall–Kier alpha value is -4.17. The molecule has 4 aromatic rings. The van der Waals surface area contributed by atoms with E-state index >= 15 is 0 Å². The molecule has 0 radical (unpaired) electrons. The quantitative estimate of drug-likeness (QED) is 0.336. The number of aromatic nitrogens is 3. The Balaban J connectivity index is 1.75. The van der Waals surface area contributed by atoms with Gasteiger partial charge in [0.1, 0.15) is 17.0 Å². The van der Waals surface area contributed by atoms with Crippen LogP contribution in [0.15, 0.2) is 59.7 Å². The molecule has 190 valence electrons. The summed E-state index contributed by atoms with van der Waals surface area (Å²) in [4.78, 5) is 33.2. The molecule has 0 unspecified atom stereocenters. The number of para-hydroxylation sites is 1. The Morgan fingerprint density at radius 1 is 1.19 bits per heavy atom.